The molecule has 0 radical (unpaired) electrons. The summed E-state index contributed by atoms with van der Waals surface area (Å²) in [5.74, 6) is -0.995. The summed E-state index contributed by atoms with van der Waals surface area (Å²) >= 11 is 14.5. The summed E-state index contributed by atoms with van der Waals surface area (Å²) in [7, 11) is -9.79. The maximum absolute atomic E-state index is 13.4. The van der Waals surface area contributed by atoms with Crippen molar-refractivity contribution in [3.63, 3.8) is 0 Å². The quantitative estimate of drug-likeness (QED) is 0.0112. The predicted molar refractivity (Wildman–Crippen MR) is 194 cm³/mol. The molecule has 18 nitrogen and oxygen atoms in total. The second-order valence-corrected chi connectivity index (χ2v) is 14.7. The third-order valence-corrected chi connectivity index (χ3v) is 8.99. The van der Waals surface area contributed by atoms with E-state index < -0.39 is 43.5 Å². The van der Waals surface area contributed by atoms with Gasteiger partial charge in [0.25, 0.3) is 5.95 Å². The molecule has 1 heterocycles. The van der Waals surface area contributed by atoms with Crippen LogP contribution in [0.1, 0.15) is 0 Å². The fraction of sp³-hybridized carbons (Fsp3) is 0.0714. The molecule has 0 aliphatic carbocycles. The number of nitrogens with one attached hydrogen (secondary N) is 2. The fourth-order valence-corrected chi connectivity index (χ4v) is 6.01. The van der Waals surface area contributed by atoms with Gasteiger partial charge in [0.2, 0.25) is 11.2 Å². The first-order chi connectivity index (χ1) is 24.6. The molecule has 5 rings (SSSR count). The Morgan fingerprint density at radius 3 is 2.30 bits per heavy atom. The van der Waals surface area contributed by atoms with Crippen LogP contribution in [0, 0.1) is 0 Å². The van der Waals surface area contributed by atoms with Gasteiger partial charge in [0.05, 0.1) is 34.9 Å². The van der Waals surface area contributed by atoms with Crippen LogP contribution in [0.2, 0.25) is 5.28 Å². The topological polar surface area (TPSA) is 262 Å². The molecule has 0 atom stereocenters. The second kappa shape index (κ2) is 20.9. The van der Waals surface area contributed by atoms with E-state index in [4.69, 9.17) is 25.4 Å². The molecule has 1 aromatic heterocycles. The third-order valence-electron chi connectivity index (χ3n) is 6.14. The minimum Gasteiger partial charge on any atom is -0.871 e. The number of halogens is 2. The SMILES string of the molecule is O=S(=O)(O)OCCOOSc1ccc(N=Nc2c(S(=O)(=O)[O-])cc3cc(Nc4nc(Cl)nc(N=C(S)Nc5ccc(Br)cc5)n4)ccc3c2[O-])cc1.[Na+].[Na+]. The largest absolute Gasteiger partial charge is 1.00 e. The molecule has 5 aromatic rings. The van der Waals surface area contributed by atoms with Gasteiger partial charge in [-0.1, -0.05) is 27.7 Å². The molecule has 0 spiro atoms. The monoisotopic (exact) mass is 916 g/mol. The standard InChI is InChI=1S/C28H22BrClN8O10S4.2Na/c29-16-1-3-17(4-2-16)32-28(49)36-27-34-25(30)33-26(35-27)31-19-7-10-21-15(13-19)14-22(51(40,41)42)23(24(21)39)38-37-18-5-8-20(9-6-18)50-48-46-11-12-47-52(43,44)45;;/h1-10,13-14,39H,11-12H2,(H,40,41,42)(H,43,44,45)(H3,31,32,33,34,35,36,49);;/q;2*+1/p-2. The molecule has 54 heavy (non-hydrogen) atoms. The van der Waals surface area contributed by atoms with Gasteiger partial charge >= 0.3 is 69.5 Å². The number of thiol groups is 1. The number of hydrogen-bond acceptors (Lipinski definition) is 17. The average molecular weight is 918 g/mol. The van der Waals surface area contributed by atoms with Crippen molar-refractivity contribution >= 4 is 123 Å². The summed E-state index contributed by atoms with van der Waals surface area (Å²) in [6, 6.07) is 18.4. The van der Waals surface area contributed by atoms with Crippen LogP contribution in [0.25, 0.3) is 10.8 Å². The number of aliphatic imine (C=N–C) groups is 1. The first kappa shape index (κ1) is 46.4. The van der Waals surface area contributed by atoms with E-state index in [-0.39, 0.29) is 105 Å². The van der Waals surface area contributed by atoms with Gasteiger partial charge in [-0.05, 0) is 89.1 Å². The number of aromatic nitrogens is 3. The molecule has 0 bridgehead atoms. The first-order valence-electron chi connectivity index (χ1n) is 14.0. The van der Waals surface area contributed by atoms with E-state index in [9.17, 15) is 26.5 Å². The van der Waals surface area contributed by atoms with Gasteiger partial charge in [-0.2, -0.15) is 37.8 Å². The zero-order valence-corrected chi connectivity index (χ0v) is 37.3. The number of amidine groups is 1. The molecule has 3 N–H and O–H groups in total. The summed E-state index contributed by atoms with van der Waals surface area (Å²) in [6.07, 6.45) is 0. The number of anilines is 3. The second-order valence-electron chi connectivity index (χ2n) is 9.78. The maximum atomic E-state index is 13.4. The Balaban J connectivity index is 0.00000392. The van der Waals surface area contributed by atoms with Gasteiger partial charge in [0, 0.05) is 20.7 Å². The molecule has 0 amide bonds. The number of hydrogen-bond donors (Lipinski definition) is 4. The number of benzene rings is 4. The summed E-state index contributed by atoms with van der Waals surface area (Å²) in [5, 5.41) is 27.0. The van der Waals surface area contributed by atoms with Crippen molar-refractivity contribution in [2.75, 3.05) is 23.8 Å². The smallest absolute Gasteiger partial charge is 0.871 e. The Labute approximate surface area is 374 Å². The van der Waals surface area contributed by atoms with Crippen LogP contribution >= 0.6 is 52.2 Å². The molecule has 26 heteroatoms. The van der Waals surface area contributed by atoms with Crippen molar-refractivity contribution in [2.24, 2.45) is 15.2 Å². The minimum absolute atomic E-state index is 0. The van der Waals surface area contributed by atoms with Crippen molar-refractivity contribution in [2.45, 2.75) is 9.79 Å². The van der Waals surface area contributed by atoms with Crippen LogP contribution in [0.3, 0.4) is 0 Å². The molecular weight excluding hydrogens is 898 g/mol. The fourth-order valence-electron chi connectivity index (χ4n) is 4.01. The zero-order valence-electron chi connectivity index (χ0n) is 27.6. The van der Waals surface area contributed by atoms with Crippen LogP contribution in [0.15, 0.2) is 102 Å². The van der Waals surface area contributed by atoms with E-state index >= 15 is 0 Å². The number of rotatable bonds is 14. The molecule has 0 unspecified atom stereocenters. The van der Waals surface area contributed by atoms with Gasteiger partial charge in [-0.3, -0.25) is 4.55 Å². The number of azo groups is 1. The zero-order chi connectivity index (χ0) is 37.5. The van der Waals surface area contributed by atoms with Crippen molar-refractivity contribution in [1.82, 2.24) is 15.0 Å². The Bertz CT molecular complexity index is 2390. The summed E-state index contributed by atoms with van der Waals surface area (Å²) in [6.45, 7) is -0.786. The van der Waals surface area contributed by atoms with Gasteiger partial charge in [0.1, 0.15) is 16.7 Å². The van der Waals surface area contributed by atoms with Gasteiger partial charge in [-0.25, -0.2) is 17.5 Å². The summed E-state index contributed by atoms with van der Waals surface area (Å²) < 4.78 is 76.0. The maximum Gasteiger partial charge on any atom is 1.00 e. The number of nitrogens with zero attached hydrogens (tertiary/aromatic N) is 6. The van der Waals surface area contributed by atoms with Crippen LogP contribution in [-0.2, 0) is 33.9 Å². The van der Waals surface area contributed by atoms with Crippen molar-refractivity contribution in [3.8, 4) is 5.75 Å². The van der Waals surface area contributed by atoms with Gasteiger partial charge in [-0.15, -0.1) is 17.7 Å². The van der Waals surface area contributed by atoms with Crippen LogP contribution in [-0.4, -0.2) is 59.3 Å². The Morgan fingerprint density at radius 2 is 1.63 bits per heavy atom. The van der Waals surface area contributed by atoms with Gasteiger partial charge in [0.15, 0.2) is 5.17 Å². The van der Waals surface area contributed by atoms with E-state index in [0.717, 1.165) is 22.6 Å². The van der Waals surface area contributed by atoms with E-state index in [1.165, 1.54) is 42.5 Å². The van der Waals surface area contributed by atoms with Crippen molar-refractivity contribution in [1.29, 1.82) is 0 Å². The van der Waals surface area contributed by atoms with Crippen molar-refractivity contribution < 1.29 is 104 Å². The van der Waals surface area contributed by atoms with Crippen LogP contribution in [0.5, 0.6) is 5.75 Å². The molecule has 272 valence electrons. The van der Waals surface area contributed by atoms with E-state index in [0.29, 0.717) is 16.3 Å². The molecule has 0 aliphatic heterocycles. The molecule has 0 saturated carbocycles. The predicted octanol–water partition coefficient (Wildman–Crippen LogP) is 0.390. The average Bonchev–Trinajstić information content (AvgIpc) is 3.06. The molecule has 0 saturated heterocycles. The Kier molecular flexibility index (Phi) is 18.0. The van der Waals surface area contributed by atoms with E-state index in [1.54, 1.807) is 12.1 Å². The van der Waals surface area contributed by atoms with Gasteiger partial charge < -0.3 is 20.3 Å². The molecule has 0 fully saturated rings. The Morgan fingerprint density at radius 1 is 0.944 bits per heavy atom. The van der Waals surface area contributed by atoms with Crippen molar-refractivity contribution in [3.05, 3.63) is 82.6 Å². The van der Waals surface area contributed by atoms with E-state index in [1.807, 2.05) is 12.1 Å². The van der Waals surface area contributed by atoms with E-state index in [2.05, 4.69) is 73.5 Å². The molecular formula is C28H20BrClN8Na2O10S4. The van der Waals surface area contributed by atoms with Crippen LogP contribution in [0.4, 0.5) is 34.6 Å². The molecule has 4 aromatic carbocycles. The Hall–Kier alpha value is -2.01. The number of fused-ring (bicyclic) bond motifs is 1. The first-order valence-corrected chi connectivity index (χ1v) is 19.1. The molecule has 0 aliphatic rings. The summed E-state index contributed by atoms with van der Waals surface area (Å²) in [5.41, 5.74) is 0.500. The normalized spacial score (nSPS) is 12.0. The van der Waals surface area contributed by atoms with Crippen LogP contribution < -0.4 is 74.9 Å². The third kappa shape index (κ3) is 14.2. The summed E-state index contributed by atoms with van der Waals surface area (Å²) in [4.78, 5) is 20.7. The minimum atomic E-state index is -5.20.